The average molecular weight is 507 g/mol. The molecule has 8 heteroatoms. The maximum Gasteiger partial charge on any atom is 0.256 e. The van der Waals surface area contributed by atoms with Gasteiger partial charge in [0.1, 0.15) is 13.2 Å². The Bertz CT molecular complexity index is 1610. The van der Waals surface area contributed by atoms with Gasteiger partial charge in [-0.25, -0.2) is 0 Å². The lowest BCUT2D eigenvalue weighted by Crippen LogP contribution is -2.16. The Labute approximate surface area is 217 Å². The predicted molar refractivity (Wildman–Crippen MR) is 145 cm³/mol. The molecule has 1 aliphatic heterocycles. The predicted octanol–water partition coefficient (Wildman–Crippen LogP) is 6.30. The van der Waals surface area contributed by atoms with Crippen molar-refractivity contribution >= 4 is 46.4 Å². The number of carbonyl (C=O) groups is 1. The van der Waals surface area contributed by atoms with E-state index in [4.69, 9.17) is 9.47 Å². The number of pyridine rings is 1. The van der Waals surface area contributed by atoms with Crippen LogP contribution in [0, 0.1) is 0 Å². The molecule has 2 aromatic heterocycles. The number of hydrogen-bond donors (Lipinski definition) is 2. The fraction of sp³-hybridized carbons (Fsp3) is 0.0690. The molecule has 5 aromatic rings. The Balaban J connectivity index is 1.20. The lowest BCUT2D eigenvalue weighted by atomic mass is 10.2. The molecule has 6 rings (SSSR count). The third-order valence-corrected chi connectivity index (χ3v) is 6.89. The van der Waals surface area contributed by atoms with Crippen molar-refractivity contribution in [1.82, 2.24) is 15.2 Å². The van der Waals surface area contributed by atoms with E-state index in [1.807, 2.05) is 84.9 Å². The topological polar surface area (TPSA) is 89.1 Å². The molecule has 0 saturated carbocycles. The summed E-state index contributed by atoms with van der Waals surface area (Å²) in [5.74, 6) is 1.13. The Kier molecular flexibility index (Phi) is 6.31. The van der Waals surface area contributed by atoms with Crippen LogP contribution in [0.2, 0.25) is 0 Å². The van der Waals surface area contributed by atoms with Gasteiger partial charge in [0.2, 0.25) is 0 Å². The highest BCUT2D eigenvalue weighted by Gasteiger charge is 2.16. The van der Waals surface area contributed by atoms with Gasteiger partial charge in [-0.3, -0.25) is 14.9 Å². The molecule has 0 saturated heterocycles. The number of amides is 1. The maximum absolute atomic E-state index is 13.2. The molecule has 0 radical (unpaired) electrons. The average Bonchev–Trinajstić information content (AvgIpc) is 3.35. The zero-order valence-electron chi connectivity index (χ0n) is 19.7. The first kappa shape index (κ1) is 22.9. The summed E-state index contributed by atoms with van der Waals surface area (Å²) in [6.07, 6.45) is 5.65. The second-order valence-corrected chi connectivity index (χ2v) is 9.43. The van der Waals surface area contributed by atoms with Crippen molar-refractivity contribution in [3.8, 4) is 11.5 Å². The van der Waals surface area contributed by atoms with Crippen molar-refractivity contribution in [2.45, 2.75) is 9.79 Å². The highest BCUT2D eigenvalue weighted by Crippen LogP contribution is 2.35. The Hall–Kier alpha value is -4.56. The van der Waals surface area contributed by atoms with E-state index in [0.717, 1.165) is 32.1 Å². The standard InChI is InChI=1S/C29H22N4O3S/c34-29(31-20-9-13-26-27(17-20)36-16-15-35-26)23-6-1-2-7-28(23)37-21-10-11-22-24(32-33-25(22)18-21)12-8-19-5-3-4-14-30-19/h1-14,17-18H,15-16H2,(H,31,34)(H,32,33)/b12-8+. The molecule has 37 heavy (non-hydrogen) atoms. The monoisotopic (exact) mass is 506 g/mol. The molecule has 7 nitrogen and oxygen atoms in total. The third kappa shape index (κ3) is 5.05. The van der Waals surface area contributed by atoms with Gasteiger partial charge in [0.15, 0.2) is 11.5 Å². The van der Waals surface area contributed by atoms with Gasteiger partial charge in [-0.15, -0.1) is 0 Å². The number of rotatable bonds is 6. The van der Waals surface area contributed by atoms with Gasteiger partial charge < -0.3 is 14.8 Å². The van der Waals surface area contributed by atoms with E-state index in [1.165, 1.54) is 11.8 Å². The van der Waals surface area contributed by atoms with Gasteiger partial charge in [0, 0.05) is 33.1 Å². The summed E-state index contributed by atoms with van der Waals surface area (Å²) in [6.45, 7) is 1.02. The normalized spacial score (nSPS) is 12.6. The largest absolute Gasteiger partial charge is 0.486 e. The van der Waals surface area contributed by atoms with Crippen LogP contribution in [0.4, 0.5) is 5.69 Å². The molecule has 3 heterocycles. The molecule has 0 fully saturated rings. The minimum atomic E-state index is -0.190. The zero-order valence-corrected chi connectivity index (χ0v) is 20.5. The highest BCUT2D eigenvalue weighted by atomic mass is 32.2. The van der Waals surface area contributed by atoms with E-state index in [2.05, 4.69) is 20.5 Å². The summed E-state index contributed by atoms with van der Waals surface area (Å²) in [5.41, 5.74) is 3.88. The molecule has 0 spiro atoms. The number of hydrogen-bond acceptors (Lipinski definition) is 6. The van der Waals surface area contributed by atoms with E-state index >= 15 is 0 Å². The maximum atomic E-state index is 13.2. The first-order valence-corrected chi connectivity index (χ1v) is 12.6. The van der Waals surface area contributed by atoms with Crippen LogP contribution in [0.15, 0.2) is 94.9 Å². The second kappa shape index (κ2) is 10.2. The summed E-state index contributed by atoms with van der Waals surface area (Å²) in [4.78, 5) is 19.3. The smallest absolute Gasteiger partial charge is 0.256 e. The van der Waals surface area contributed by atoms with Gasteiger partial charge >= 0.3 is 0 Å². The fourth-order valence-electron chi connectivity index (χ4n) is 4.04. The first-order valence-electron chi connectivity index (χ1n) is 11.8. The number of nitrogens with one attached hydrogen (secondary N) is 2. The number of H-pyrrole nitrogens is 1. The first-order chi connectivity index (χ1) is 18.2. The van der Waals surface area contributed by atoms with Crippen molar-refractivity contribution in [1.29, 1.82) is 0 Å². The Morgan fingerprint density at radius 3 is 2.68 bits per heavy atom. The van der Waals surface area contributed by atoms with Gasteiger partial charge in [0.25, 0.3) is 5.91 Å². The van der Waals surface area contributed by atoms with Gasteiger partial charge in [0.05, 0.1) is 22.5 Å². The zero-order chi connectivity index (χ0) is 25.0. The number of carbonyl (C=O) groups excluding carboxylic acids is 1. The molecule has 1 aliphatic rings. The number of aromatic nitrogens is 3. The Morgan fingerprint density at radius 1 is 0.919 bits per heavy atom. The molecule has 1 amide bonds. The van der Waals surface area contributed by atoms with Crippen molar-refractivity contribution in [3.05, 3.63) is 102 Å². The van der Waals surface area contributed by atoms with E-state index in [0.29, 0.717) is 36.0 Å². The number of anilines is 1. The molecule has 2 N–H and O–H groups in total. The van der Waals surface area contributed by atoms with E-state index in [9.17, 15) is 4.79 Å². The van der Waals surface area contributed by atoms with Crippen LogP contribution >= 0.6 is 11.8 Å². The minimum absolute atomic E-state index is 0.190. The molecular weight excluding hydrogens is 484 g/mol. The van der Waals surface area contributed by atoms with E-state index in [1.54, 1.807) is 12.3 Å². The number of aromatic amines is 1. The molecule has 0 aliphatic carbocycles. The quantitative estimate of drug-likeness (QED) is 0.281. The van der Waals surface area contributed by atoms with Crippen molar-refractivity contribution in [3.63, 3.8) is 0 Å². The summed E-state index contributed by atoms with van der Waals surface area (Å²) in [6, 6.07) is 24.9. The number of fused-ring (bicyclic) bond motifs is 2. The third-order valence-electron chi connectivity index (χ3n) is 5.82. The van der Waals surface area contributed by atoms with Crippen molar-refractivity contribution in [2.24, 2.45) is 0 Å². The fourth-order valence-corrected chi connectivity index (χ4v) is 5.02. The van der Waals surface area contributed by atoms with Gasteiger partial charge in [-0.2, -0.15) is 5.10 Å². The van der Waals surface area contributed by atoms with E-state index in [-0.39, 0.29) is 5.91 Å². The van der Waals surface area contributed by atoms with Gasteiger partial charge in [-0.05, 0) is 66.7 Å². The molecule has 0 bridgehead atoms. The lowest BCUT2D eigenvalue weighted by molar-refractivity contribution is 0.102. The van der Waals surface area contributed by atoms with Crippen molar-refractivity contribution in [2.75, 3.05) is 18.5 Å². The summed E-state index contributed by atoms with van der Waals surface area (Å²) in [7, 11) is 0. The van der Waals surface area contributed by atoms with Crippen LogP contribution < -0.4 is 14.8 Å². The van der Waals surface area contributed by atoms with Crippen LogP contribution in [0.3, 0.4) is 0 Å². The van der Waals surface area contributed by atoms with Crippen LogP contribution in [-0.4, -0.2) is 34.3 Å². The Morgan fingerprint density at radius 2 is 1.78 bits per heavy atom. The molecule has 3 aromatic carbocycles. The minimum Gasteiger partial charge on any atom is -0.486 e. The van der Waals surface area contributed by atoms with Crippen LogP contribution in [-0.2, 0) is 0 Å². The lowest BCUT2D eigenvalue weighted by Gasteiger charge is -2.19. The number of benzene rings is 3. The molecule has 0 unspecified atom stereocenters. The number of ether oxygens (including phenoxy) is 2. The summed E-state index contributed by atoms with van der Waals surface area (Å²) in [5, 5.41) is 11.6. The van der Waals surface area contributed by atoms with Gasteiger partial charge in [-0.1, -0.05) is 30.0 Å². The second-order valence-electron chi connectivity index (χ2n) is 8.31. The van der Waals surface area contributed by atoms with Crippen LogP contribution in [0.1, 0.15) is 21.7 Å². The van der Waals surface area contributed by atoms with E-state index < -0.39 is 0 Å². The number of nitrogens with zero attached hydrogens (tertiary/aromatic N) is 2. The molecule has 182 valence electrons. The SMILES string of the molecule is O=C(Nc1ccc2c(c1)OCCO2)c1ccccc1Sc1ccc2c(/C=C/c3ccccn3)n[nH]c2c1. The highest BCUT2D eigenvalue weighted by molar-refractivity contribution is 7.99. The van der Waals surface area contributed by atoms with Crippen LogP contribution in [0.25, 0.3) is 23.1 Å². The van der Waals surface area contributed by atoms with Crippen LogP contribution in [0.5, 0.6) is 11.5 Å². The van der Waals surface area contributed by atoms with Crippen molar-refractivity contribution < 1.29 is 14.3 Å². The summed E-state index contributed by atoms with van der Waals surface area (Å²) < 4.78 is 11.2. The molecular formula is C29H22N4O3S. The summed E-state index contributed by atoms with van der Waals surface area (Å²) >= 11 is 1.53. The molecule has 0 atom stereocenters.